The summed E-state index contributed by atoms with van der Waals surface area (Å²) >= 11 is 0. The largest absolute Gasteiger partial charge is 0.492 e. The molecule has 1 aliphatic carbocycles. The molecule has 0 unspecified atom stereocenters. The van der Waals surface area contributed by atoms with Crippen molar-refractivity contribution in [2.75, 3.05) is 20.2 Å². The maximum atomic E-state index is 13.0. The summed E-state index contributed by atoms with van der Waals surface area (Å²) < 4.78 is 11.7. The first-order valence-corrected chi connectivity index (χ1v) is 9.63. The van der Waals surface area contributed by atoms with E-state index in [4.69, 9.17) is 9.15 Å². The predicted octanol–water partition coefficient (Wildman–Crippen LogP) is 4.68. The van der Waals surface area contributed by atoms with E-state index >= 15 is 0 Å². The van der Waals surface area contributed by atoms with E-state index in [0.717, 1.165) is 29.9 Å². The van der Waals surface area contributed by atoms with Gasteiger partial charge in [0.15, 0.2) is 5.69 Å². The topological polar surface area (TPSA) is 55.6 Å². The van der Waals surface area contributed by atoms with Gasteiger partial charge in [0.2, 0.25) is 5.89 Å². The molecule has 2 aromatic carbocycles. The fourth-order valence-corrected chi connectivity index (χ4v) is 3.03. The molecule has 5 nitrogen and oxygen atoms in total. The van der Waals surface area contributed by atoms with Crippen LogP contribution in [-0.4, -0.2) is 36.0 Å². The van der Waals surface area contributed by atoms with E-state index in [9.17, 15) is 4.79 Å². The van der Waals surface area contributed by atoms with Crippen LogP contribution in [0.4, 0.5) is 0 Å². The summed E-state index contributed by atoms with van der Waals surface area (Å²) in [5.41, 5.74) is 2.50. The second-order valence-corrected chi connectivity index (χ2v) is 7.26. The molecule has 0 N–H and O–H groups in total. The van der Waals surface area contributed by atoms with Gasteiger partial charge in [0.05, 0.1) is 6.54 Å². The van der Waals surface area contributed by atoms with Gasteiger partial charge < -0.3 is 14.1 Å². The third-order valence-electron chi connectivity index (χ3n) is 4.89. The Hall–Kier alpha value is -3.08. The number of carbonyl (C=O) groups is 1. The minimum Gasteiger partial charge on any atom is -0.492 e. The molecule has 0 radical (unpaired) electrons. The van der Waals surface area contributed by atoms with E-state index in [1.54, 1.807) is 11.9 Å². The van der Waals surface area contributed by atoms with E-state index in [1.807, 2.05) is 61.5 Å². The maximum absolute atomic E-state index is 13.0. The Balaban J connectivity index is 1.44. The van der Waals surface area contributed by atoms with Crippen LogP contribution in [0.15, 0.2) is 59.0 Å². The number of oxazole rings is 1. The standard InChI is InChI=1S/C23H24N2O3/c1-16-8-12-19(13-9-16)27-15-14-25(2)23(26)20-21(17-10-11-17)28-22(24-20)18-6-4-3-5-7-18/h3-9,12-13,17H,10-11,14-15H2,1-2H3. The van der Waals surface area contributed by atoms with Gasteiger partial charge in [0.25, 0.3) is 5.91 Å². The van der Waals surface area contributed by atoms with E-state index < -0.39 is 0 Å². The first kappa shape index (κ1) is 18.3. The monoisotopic (exact) mass is 376 g/mol. The number of aryl methyl sites for hydroxylation is 1. The van der Waals surface area contributed by atoms with Gasteiger partial charge in [-0.1, -0.05) is 35.9 Å². The molecule has 1 fully saturated rings. The number of likely N-dealkylation sites (N-methyl/N-ethyl adjacent to an activating group) is 1. The van der Waals surface area contributed by atoms with Crippen LogP contribution in [0.1, 0.15) is 40.6 Å². The number of nitrogens with zero attached hydrogens (tertiary/aromatic N) is 2. The number of rotatable bonds is 7. The normalized spacial score (nSPS) is 13.4. The van der Waals surface area contributed by atoms with Gasteiger partial charge in [-0.15, -0.1) is 0 Å². The number of benzene rings is 2. The van der Waals surface area contributed by atoms with Crippen molar-refractivity contribution in [3.05, 3.63) is 71.6 Å². The highest BCUT2D eigenvalue weighted by atomic mass is 16.5. The molecular weight excluding hydrogens is 352 g/mol. The highest BCUT2D eigenvalue weighted by molar-refractivity contribution is 5.94. The van der Waals surface area contributed by atoms with Crippen LogP contribution in [0.25, 0.3) is 11.5 Å². The highest BCUT2D eigenvalue weighted by Crippen LogP contribution is 2.43. The van der Waals surface area contributed by atoms with E-state index in [-0.39, 0.29) is 5.91 Å². The summed E-state index contributed by atoms with van der Waals surface area (Å²) in [6, 6.07) is 17.6. The molecule has 1 aromatic heterocycles. The van der Waals surface area contributed by atoms with Crippen molar-refractivity contribution in [3.63, 3.8) is 0 Å². The zero-order valence-corrected chi connectivity index (χ0v) is 16.2. The summed E-state index contributed by atoms with van der Waals surface area (Å²) in [5, 5.41) is 0. The molecule has 1 heterocycles. The third-order valence-corrected chi connectivity index (χ3v) is 4.89. The molecule has 0 aliphatic heterocycles. The van der Waals surface area contributed by atoms with Gasteiger partial charge >= 0.3 is 0 Å². The molecule has 1 saturated carbocycles. The van der Waals surface area contributed by atoms with Crippen LogP contribution >= 0.6 is 0 Å². The molecule has 5 heteroatoms. The fraction of sp³-hybridized carbons (Fsp3) is 0.304. The maximum Gasteiger partial charge on any atom is 0.275 e. The number of hydrogen-bond donors (Lipinski definition) is 0. The fourth-order valence-electron chi connectivity index (χ4n) is 3.03. The lowest BCUT2D eigenvalue weighted by Crippen LogP contribution is -2.31. The molecule has 0 atom stereocenters. The van der Waals surface area contributed by atoms with E-state index in [2.05, 4.69) is 4.98 Å². The molecule has 0 spiro atoms. The molecule has 0 bridgehead atoms. The summed E-state index contributed by atoms with van der Waals surface area (Å²) in [5.74, 6) is 2.21. The van der Waals surface area contributed by atoms with Gasteiger partial charge in [0, 0.05) is 18.5 Å². The smallest absolute Gasteiger partial charge is 0.275 e. The van der Waals surface area contributed by atoms with Gasteiger partial charge in [-0.05, 0) is 44.0 Å². The van der Waals surface area contributed by atoms with Crippen LogP contribution in [0, 0.1) is 6.92 Å². The number of ether oxygens (including phenoxy) is 1. The Kier molecular flexibility index (Phi) is 5.15. The van der Waals surface area contributed by atoms with Crippen molar-refractivity contribution in [1.29, 1.82) is 0 Å². The lowest BCUT2D eigenvalue weighted by molar-refractivity contribution is 0.0766. The van der Waals surface area contributed by atoms with Crippen LogP contribution in [-0.2, 0) is 0 Å². The van der Waals surface area contributed by atoms with Crippen molar-refractivity contribution in [2.45, 2.75) is 25.7 Å². The van der Waals surface area contributed by atoms with Crippen LogP contribution in [0.5, 0.6) is 5.75 Å². The molecule has 4 rings (SSSR count). The Bertz CT molecular complexity index is 944. The van der Waals surface area contributed by atoms with Crippen molar-refractivity contribution in [1.82, 2.24) is 9.88 Å². The van der Waals surface area contributed by atoms with Crippen LogP contribution < -0.4 is 4.74 Å². The lowest BCUT2D eigenvalue weighted by atomic mass is 10.2. The number of amides is 1. The Labute approximate surface area is 165 Å². The average Bonchev–Trinajstić information content (AvgIpc) is 3.47. The zero-order valence-electron chi connectivity index (χ0n) is 16.2. The predicted molar refractivity (Wildman–Crippen MR) is 108 cm³/mol. The molecule has 28 heavy (non-hydrogen) atoms. The molecule has 144 valence electrons. The third kappa shape index (κ3) is 4.09. The average molecular weight is 376 g/mol. The minimum atomic E-state index is -0.125. The van der Waals surface area contributed by atoms with Gasteiger partial charge in [0.1, 0.15) is 18.1 Å². The molecule has 3 aromatic rings. The molecule has 1 aliphatic rings. The minimum absolute atomic E-state index is 0.125. The van der Waals surface area contributed by atoms with Crippen molar-refractivity contribution in [2.24, 2.45) is 0 Å². The van der Waals surface area contributed by atoms with Gasteiger partial charge in [-0.3, -0.25) is 4.79 Å². The van der Waals surface area contributed by atoms with Gasteiger partial charge in [-0.25, -0.2) is 4.98 Å². The summed E-state index contributed by atoms with van der Waals surface area (Å²) in [6.07, 6.45) is 2.09. The zero-order chi connectivity index (χ0) is 19.5. The van der Waals surface area contributed by atoms with E-state index in [0.29, 0.717) is 30.7 Å². The number of hydrogen-bond acceptors (Lipinski definition) is 4. The SMILES string of the molecule is Cc1ccc(OCCN(C)C(=O)c2nc(-c3ccccc3)oc2C2CC2)cc1. The molecule has 1 amide bonds. The van der Waals surface area contributed by atoms with Gasteiger partial charge in [-0.2, -0.15) is 0 Å². The summed E-state index contributed by atoms with van der Waals surface area (Å²) in [4.78, 5) is 19.2. The van der Waals surface area contributed by atoms with Crippen LogP contribution in [0.2, 0.25) is 0 Å². The number of aromatic nitrogens is 1. The number of carbonyl (C=O) groups excluding carboxylic acids is 1. The Morgan fingerprint density at radius 2 is 1.86 bits per heavy atom. The van der Waals surface area contributed by atoms with E-state index in [1.165, 1.54) is 5.56 Å². The Morgan fingerprint density at radius 3 is 2.54 bits per heavy atom. The van der Waals surface area contributed by atoms with Crippen molar-refractivity contribution < 1.29 is 13.9 Å². The highest BCUT2D eigenvalue weighted by Gasteiger charge is 2.35. The van der Waals surface area contributed by atoms with Crippen LogP contribution in [0.3, 0.4) is 0 Å². The first-order valence-electron chi connectivity index (χ1n) is 9.63. The van der Waals surface area contributed by atoms with Crippen molar-refractivity contribution in [3.8, 4) is 17.2 Å². The second-order valence-electron chi connectivity index (χ2n) is 7.26. The second kappa shape index (κ2) is 7.89. The molecule has 0 saturated heterocycles. The quantitative estimate of drug-likeness (QED) is 0.601. The van der Waals surface area contributed by atoms with Crippen molar-refractivity contribution >= 4 is 5.91 Å². The summed E-state index contributed by atoms with van der Waals surface area (Å²) in [6.45, 7) is 2.94. The molecular formula is C23H24N2O3. The first-order chi connectivity index (χ1) is 13.6. The lowest BCUT2D eigenvalue weighted by Gasteiger charge is -2.16. The Morgan fingerprint density at radius 1 is 1.14 bits per heavy atom. The summed E-state index contributed by atoms with van der Waals surface area (Å²) in [7, 11) is 1.77.